The van der Waals surface area contributed by atoms with E-state index >= 15 is 0 Å². The lowest BCUT2D eigenvalue weighted by molar-refractivity contribution is -0.142. The van der Waals surface area contributed by atoms with Crippen LogP contribution in [0.3, 0.4) is 0 Å². The third kappa shape index (κ3) is 5.85. The molecule has 0 aliphatic heterocycles. The smallest absolute Gasteiger partial charge is 0.328 e. The van der Waals surface area contributed by atoms with Crippen molar-refractivity contribution in [2.45, 2.75) is 19.1 Å². The molecule has 6 heteroatoms. The van der Waals surface area contributed by atoms with Crippen LogP contribution in [-0.2, 0) is 22.6 Å². The van der Waals surface area contributed by atoms with Crippen LogP contribution in [0.25, 0.3) is 0 Å². The monoisotopic (exact) mass is 419 g/mol. The Bertz CT molecular complexity index is 1000. The summed E-state index contributed by atoms with van der Waals surface area (Å²) in [5.41, 5.74) is 2.09. The number of carbonyl (C=O) groups is 2. The largest absolute Gasteiger partial charge is 0.496 e. The zero-order valence-corrected chi connectivity index (χ0v) is 17.5. The van der Waals surface area contributed by atoms with Gasteiger partial charge in [0, 0.05) is 6.42 Å². The first-order chi connectivity index (χ1) is 15.1. The average Bonchev–Trinajstić information content (AvgIpc) is 2.82. The summed E-state index contributed by atoms with van der Waals surface area (Å²) >= 11 is 0. The van der Waals surface area contributed by atoms with E-state index in [9.17, 15) is 9.59 Å². The van der Waals surface area contributed by atoms with Crippen molar-refractivity contribution in [3.63, 3.8) is 0 Å². The van der Waals surface area contributed by atoms with Gasteiger partial charge in [0.1, 0.15) is 29.7 Å². The van der Waals surface area contributed by atoms with Gasteiger partial charge in [-0.1, -0.05) is 66.7 Å². The van der Waals surface area contributed by atoms with E-state index in [1.54, 1.807) is 18.2 Å². The van der Waals surface area contributed by atoms with Crippen LogP contribution in [0.15, 0.2) is 78.9 Å². The molecule has 3 aromatic carbocycles. The number of carbonyl (C=O) groups excluding carboxylic acids is 2. The molecule has 0 aliphatic rings. The van der Waals surface area contributed by atoms with Gasteiger partial charge in [-0.3, -0.25) is 4.79 Å². The van der Waals surface area contributed by atoms with Gasteiger partial charge in [0.15, 0.2) is 0 Å². The van der Waals surface area contributed by atoms with Gasteiger partial charge in [-0.25, -0.2) is 4.79 Å². The van der Waals surface area contributed by atoms with Crippen molar-refractivity contribution >= 4 is 11.9 Å². The van der Waals surface area contributed by atoms with Gasteiger partial charge in [-0.2, -0.15) is 0 Å². The Kier molecular flexibility index (Phi) is 7.65. The predicted octanol–water partition coefficient (Wildman–Crippen LogP) is 3.79. The molecule has 6 nitrogen and oxygen atoms in total. The maximum absolute atomic E-state index is 13.2. The van der Waals surface area contributed by atoms with Crippen molar-refractivity contribution in [3.05, 3.63) is 95.6 Å². The number of amides is 1. The number of hydrogen-bond donors (Lipinski definition) is 1. The van der Waals surface area contributed by atoms with E-state index < -0.39 is 17.9 Å². The van der Waals surface area contributed by atoms with E-state index in [1.165, 1.54) is 14.2 Å². The topological polar surface area (TPSA) is 73.9 Å². The highest BCUT2D eigenvalue weighted by atomic mass is 16.5. The second kappa shape index (κ2) is 10.8. The summed E-state index contributed by atoms with van der Waals surface area (Å²) in [5.74, 6) is -0.291. The van der Waals surface area contributed by atoms with Crippen LogP contribution in [0.5, 0.6) is 11.5 Å². The molecule has 0 saturated carbocycles. The SMILES string of the molecule is COC(=O)C(Cc1ccccc1)NC(=O)c1c(OC)cccc1OCc1ccccc1. The maximum atomic E-state index is 13.2. The quantitative estimate of drug-likeness (QED) is 0.534. The molecule has 0 spiro atoms. The van der Waals surface area contributed by atoms with Crippen molar-refractivity contribution in [2.75, 3.05) is 14.2 Å². The lowest BCUT2D eigenvalue weighted by Gasteiger charge is -2.19. The van der Waals surface area contributed by atoms with Crippen LogP contribution >= 0.6 is 0 Å². The van der Waals surface area contributed by atoms with Gasteiger partial charge in [-0.05, 0) is 23.3 Å². The minimum Gasteiger partial charge on any atom is -0.496 e. The Morgan fingerprint density at radius 1 is 0.806 bits per heavy atom. The molecule has 1 unspecified atom stereocenters. The van der Waals surface area contributed by atoms with Crippen LogP contribution in [0.4, 0.5) is 0 Å². The van der Waals surface area contributed by atoms with Gasteiger partial charge in [0.05, 0.1) is 14.2 Å². The molecule has 0 fully saturated rings. The van der Waals surface area contributed by atoms with Gasteiger partial charge >= 0.3 is 5.97 Å². The van der Waals surface area contributed by atoms with Crippen LogP contribution in [0.2, 0.25) is 0 Å². The number of hydrogen-bond acceptors (Lipinski definition) is 5. The Balaban J connectivity index is 1.83. The molecular weight excluding hydrogens is 394 g/mol. The van der Waals surface area contributed by atoms with Crippen molar-refractivity contribution < 1.29 is 23.8 Å². The second-order valence-electron chi connectivity index (χ2n) is 6.85. The summed E-state index contributed by atoms with van der Waals surface area (Å²) in [6.07, 6.45) is 0.300. The lowest BCUT2D eigenvalue weighted by Crippen LogP contribution is -2.43. The molecule has 0 radical (unpaired) electrons. The summed E-state index contributed by atoms with van der Waals surface area (Å²) in [6, 6.07) is 23.3. The molecule has 0 heterocycles. The first-order valence-corrected chi connectivity index (χ1v) is 9.88. The first kappa shape index (κ1) is 21.9. The standard InChI is InChI=1S/C25H25NO5/c1-29-21-14-9-15-22(31-17-19-12-7-4-8-13-19)23(21)24(27)26-20(25(28)30-2)16-18-10-5-3-6-11-18/h3-15,20H,16-17H2,1-2H3,(H,26,27). The van der Waals surface area contributed by atoms with E-state index in [0.717, 1.165) is 11.1 Å². The van der Waals surface area contributed by atoms with Crippen molar-refractivity contribution in [1.82, 2.24) is 5.32 Å². The lowest BCUT2D eigenvalue weighted by atomic mass is 10.0. The van der Waals surface area contributed by atoms with Gasteiger partial charge in [0.25, 0.3) is 5.91 Å². The van der Waals surface area contributed by atoms with Gasteiger partial charge in [-0.15, -0.1) is 0 Å². The Morgan fingerprint density at radius 3 is 2.03 bits per heavy atom. The molecule has 1 amide bonds. The Labute approximate surface area is 181 Å². The van der Waals surface area contributed by atoms with Crippen molar-refractivity contribution in [3.8, 4) is 11.5 Å². The van der Waals surface area contributed by atoms with Crippen LogP contribution in [-0.4, -0.2) is 32.1 Å². The number of ether oxygens (including phenoxy) is 3. The molecule has 1 N–H and O–H groups in total. The molecule has 3 rings (SSSR count). The van der Waals surface area contributed by atoms with Gasteiger partial charge in [0.2, 0.25) is 0 Å². The van der Waals surface area contributed by atoms with Gasteiger partial charge < -0.3 is 19.5 Å². The van der Waals surface area contributed by atoms with Crippen LogP contribution in [0.1, 0.15) is 21.5 Å². The number of esters is 1. The Morgan fingerprint density at radius 2 is 1.42 bits per heavy atom. The number of nitrogens with one attached hydrogen (secondary N) is 1. The molecular formula is C25H25NO5. The zero-order chi connectivity index (χ0) is 22.1. The third-order valence-corrected chi connectivity index (χ3v) is 4.75. The van der Waals surface area contributed by atoms with Crippen LogP contribution < -0.4 is 14.8 Å². The molecule has 0 aromatic heterocycles. The third-order valence-electron chi connectivity index (χ3n) is 4.75. The number of rotatable bonds is 9. The zero-order valence-electron chi connectivity index (χ0n) is 17.5. The molecule has 3 aromatic rings. The normalized spacial score (nSPS) is 11.3. The van der Waals surface area contributed by atoms with E-state index in [2.05, 4.69) is 5.32 Å². The fourth-order valence-corrected chi connectivity index (χ4v) is 3.18. The first-order valence-electron chi connectivity index (χ1n) is 9.88. The molecule has 0 saturated heterocycles. The van der Waals surface area contributed by atoms with E-state index in [0.29, 0.717) is 24.5 Å². The summed E-state index contributed by atoms with van der Waals surface area (Å²) in [7, 11) is 2.78. The highest BCUT2D eigenvalue weighted by Gasteiger charge is 2.26. The molecule has 0 aliphatic carbocycles. The number of benzene rings is 3. The minimum absolute atomic E-state index is 0.225. The predicted molar refractivity (Wildman–Crippen MR) is 117 cm³/mol. The highest BCUT2D eigenvalue weighted by molar-refractivity contribution is 6.01. The summed E-state index contributed by atoms with van der Waals surface area (Å²) in [4.78, 5) is 25.5. The van der Waals surface area contributed by atoms with E-state index in [1.807, 2.05) is 60.7 Å². The van der Waals surface area contributed by atoms with Crippen molar-refractivity contribution in [2.24, 2.45) is 0 Å². The fraction of sp³-hybridized carbons (Fsp3) is 0.200. The molecule has 31 heavy (non-hydrogen) atoms. The second-order valence-corrected chi connectivity index (χ2v) is 6.85. The average molecular weight is 419 g/mol. The highest BCUT2D eigenvalue weighted by Crippen LogP contribution is 2.29. The molecule has 1 atom stereocenters. The molecule has 160 valence electrons. The van der Waals surface area contributed by atoms with Crippen molar-refractivity contribution in [1.29, 1.82) is 0 Å². The van der Waals surface area contributed by atoms with E-state index in [-0.39, 0.29) is 5.56 Å². The minimum atomic E-state index is -0.855. The fourth-order valence-electron chi connectivity index (χ4n) is 3.18. The Hall–Kier alpha value is -3.80. The summed E-state index contributed by atoms with van der Waals surface area (Å²) < 4.78 is 16.2. The number of methoxy groups -OCH3 is 2. The van der Waals surface area contributed by atoms with Crippen LogP contribution in [0, 0.1) is 0 Å². The summed E-state index contributed by atoms with van der Waals surface area (Å²) in [6.45, 7) is 0.290. The summed E-state index contributed by atoms with van der Waals surface area (Å²) in [5, 5.41) is 2.77. The van der Waals surface area contributed by atoms with E-state index in [4.69, 9.17) is 14.2 Å². The molecule has 0 bridgehead atoms. The maximum Gasteiger partial charge on any atom is 0.328 e.